The molecule has 3 aromatic heterocycles. The summed E-state index contributed by atoms with van der Waals surface area (Å²) in [7, 11) is 0. The summed E-state index contributed by atoms with van der Waals surface area (Å²) in [5.41, 5.74) is 16.3. The van der Waals surface area contributed by atoms with E-state index in [2.05, 4.69) is 246 Å². The van der Waals surface area contributed by atoms with Gasteiger partial charge in [-0.25, -0.2) is 0 Å². The number of para-hydroxylation sites is 2. The van der Waals surface area contributed by atoms with Crippen LogP contribution in [0.1, 0.15) is 77.8 Å². The van der Waals surface area contributed by atoms with Crippen molar-refractivity contribution in [1.82, 2.24) is 4.40 Å². The number of benzene rings is 8. The maximum absolute atomic E-state index is 2.67. The van der Waals surface area contributed by atoms with Gasteiger partial charge in [-0.2, -0.15) is 0 Å². The first kappa shape index (κ1) is 39.7. The maximum Gasteiger partial charge on any atom is 0.109 e. The lowest BCUT2D eigenvalue weighted by molar-refractivity contribution is 0.590. The van der Waals surface area contributed by atoms with Gasteiger partial charge in [0.2, 0.25) is 0 Å². The zero-order chi connectivity index (χ0) is 44.6. The molecule has 0 fully saturated rings. The van der Waals surface area contributed by atoms with Gasteiger partial charge in [-0.1, -0.05) is 152 Å². The highest BCUT2D eigenvalue weighted by Gasteiger charge is 2.42. The second kappa shape index (κ2) is 14.1. The summed E-state index contributed by atoms with van der Waals surface area (Å²) in [4.78, 5) is 6.19. The Bertz CT molecular complexity index is 3620. The molecule has 0 aliphatic heterocycles. The van der Waals surface area contributed by atoms with E-state index < -0.39 is 0 Å². The van der Waals surface area contributed by atoms with Crippen LogP contribution in [0.2, 0.25) is 0 Å². The van der Waals surface area contributed by atoms with Crippen LogP contribution in [0.25, 0.3) is 58.5 Å². The molecule has 12 rings (SSSR count). The van der Waals surface area contributed by atoms with Gasteiger partial charge in [-0.15, -0.1) is 11.3 Å². The third-order valence-electron chi connectivity index (χ3n) is 14.1. The van der Waals surface area contributed by atoms with E-state index in [0.29, 0.717) is 0 Å². The van der Waals surface area contributed by atoms with E-state index in [1.807, 2.05) is 11.3 Å². The average Bonchev–Trinajstić information content (AvgIpc) is 4.01. The smallest absolute Gasteiger partial charge is 0.109 e. The molecule has 318 valence electrons. The Morgan fingerprint density at radius 3 is 1.66 bits per heavy atom. The molecule has 4 heteroatoms. The second-order valence-corrected chi connectivity index (χ2v) is 21.7. The van der Waals surface area contributed by atoms with Crippen molar-refractivity contribution in [3.8, 4) is 11.1 Å². The lowest BCUT2D eigenvalue weighted by Gasteiger charge is -2.28. The molecule has 3 heterocycles. The highest BCUT2D eigenvalue weighted by molar-refractivity contribution is 7.25. The molecule has 1 aliphatic rings. The van der Waals surface area contributed by atoms with Crippen LogP contribution in [0.3, 0.4) is 0 Å². The van der Waals surface area contributed by atoms with Crippen LogP contribution in [0.15, 0.2) is 176 Å². The van der Waals surface area contributed by atoms with Crippen LogP contribution in [0, 0.1) is 0 Å². The normalized spacial score (nSPS) is 13.7. The van der Waals surface area contributed by atoms with Crippen molar-refractivity contribution in [2.45, 2.75) is 71.6 Å². The van der Waals surface area contributed by atoms with Crippen LogP contribution in [-0.2, 0) is 16.2 Å². The first-order valence-corrected chi connectivity index (χ1v) is 23.8. The number of rotatable bonds is 6. The molecule has 0 spiro atoms. The minimum Gasteiger partial charge on any atom is -0.310 e. The fourth-order valence-electron chi connectivity index (χ4n) is 10.8. The quantitative estimate of drug-likeness (QED) is 0.165. The Morgan fingerprint density at radius 1 is 0.477 bits per heavy atom. The summed E-state index contributed by atoms with van der Waals surface area (Å²) in [6.45, 7) is 18.5. The van der Waals surface area contributed by atoms with Crippen LogP contribution in [0.5, 0.6) is 0 Å². The number of nitrogens with zero attached hydrogens (tertiary/aromatic N) is 3. The summed E-state index contributed by atoms with van der Waals surface area (Å²) < 4.78 is 3.98. The number of anilines is 6. The Labute approximate surface area is 386 Å². The molecule has 0 radical (unpaired) electrons. The van der Waals surface area contributed by atoms with E-state index in [-0.39, 0.29) is 16.2 Å². The first-order chi connectivity index (χ1) is 31.3. The standard InChI is InChI=1S/C61H53N3S/c1-59(2,3)40-24-29-44(30-25-40)62(42-17-11-9-12-18-42)46-28-23-38-36-49-52(37-39(38)35-46)65-58-53(49)48-33-34-51(55-54-47-21-15-16-22-50(47)61(7,8)57(54)64(58)56(48)55)63(43-19-13-10-14-20-43)45-31-26-41(27-32-45)60(4,5)6/h9-37H,1-8H3. The fourth-order valence-corrected chi connectivity index (χ4v) is 12.1. The number of fused-ring (bicyclic) bond motifs is 11. The Balaban J connectivity index is 1.09. The average molecular weight is 860 g/mol. The minimum atomic E-state index is -0.213. The number of aromatic nitrogens is 1. The summed E-state index contributed by atoms with van der Waals surface area (Å²) in [6, 6.07) is 65.8. The Hall–Kier alpha value is -6.88. The zero-order valence-electron chi connectivity index (χ0n) is 38.5. The van der Waals surface area contributed by atoms with E-state index in [4.69, 9.17) is 0 Å². The molecule has 0 unspecified atom stereocenters. The summed E-state index contributed by atoms with van der Waals surface area (Å²) in [5, 5.41) is 7.79. The summed E-state index contributed by atoms with van der Waals surface area (Å²) in [5.74, 6) is 0. The van der Waals surface area contributed by atoms with Gasteiger partial charge in [0.15, 0.2) is 0 Å². The lowest BCUT2D eigenvalue weighted by Crippen LogP contribution is -2.17. The van der Waals surface area contributed by atoms with Crippen molar-refractivity contribution in [3.05, 3.63) is 198 Å². The predicted octanol–water partition coefficient (Wildman–Crippen LogP) is 17.9. The molecular weight excluding hydrogens is 807 g/mol. The van der Waals surface area contributed by atoms with Crippen molar-refractivity contribution in [3.63, 3.8) is 0 Å². The van der Waals surface area contributed by atoms with Crippen molar-refractivity contribution in [1.29, 1.82) is 0 Å². The molecule has 0 atom stereocenters. The van der Waals surface area contributed by atoms with E-state index in [1.165, 1.54) is 86.6 Å². The largest absolute Gasteiger partial charge is 0.310 e. The monoisotopic (exact) mass is 859 g/mol. The topological polar surface area (TPSA) is 10.9 Å². The van der Waals surface area contributed by atoms with Gasteiger partial charge in [0.05, 0.1) is 11.2 Å². The molecule has 0 saturated heterocycles. The van der Waals surface area contributed by atoms with Crippen LogP contribution in [-0.4, -0.2) is 4.40 Å². The van der Waals surface area contributed by atoms with Crippen LogP contribution >= 0.6 is 11.3 Å². The minimum absolute atomic E-state index is 0.0618. The summed E-state index contributed by atoms with van der Waals surface area (Å²) >= 11 is 1.94. The second-order valence-electron chi connectivity index (χ2n) is 20.7. The molecule has 0 N–H and O–H groups in total. The molecule has 3 nitrogen and oxygen atoms in total. The molecule has 1 aliphatic carbocycles. The fraction of sp³-hybridized carbons (Fsp3) is 0.180. The van der Waals surface area contributed by atoms with E-state index >= 15 is 0 Å². The molecule has 0 bridgehead atoms. The lowest BCUT2D eigenvalue weighted by atomic mass is 9.85. The highest BCUT2D eigenvalue weighted by Crippen LogP contribution is 2.59. The molecule has 0 saturated carbocycles. The first-order valence-electron chi connectivity index (χ1n) is 23.0. The van der Waals surface area contributed by atoms with E-state index in [1.54, 1.807) is 0 Å². The maximum atomic E-state index is 2.67. The predicted molar refractivity (Wildman–Crippen MR) is 281 cm³/mol. The third kappa shape index (κ3) is 6.00. The van der Waals surface area contributed by atoms with E-state index in [0.717, 1.165) is 28.4 Å². The van der Waals surface area contributed by atoms with Crippen molar-refractivity contribution in [2.75, 3.05) is 9.80 Å². The third-order valence-corrected chi connectivity index (χ3v) is 15.3. The number of hydrogen-bond acceptors (Lipinski definition) is 3. The van der Waals surface area contributed by atoms with Gasteiger partial charge in [-0.05, 0) is 123 Å². The van der Waals surface area contributed by atoms with Gasteiger partial charge < -0.3 is 14.2 Å². The molecule has 8 aromatic carbocycles. The van der Waals surface area contributed by atoms with Gasteiger partial charge in [0.25, 0.3) is 0 Å². The van der Waals surface area contributed by atoms with Crippen LogP contribution < -0.4 is 9.80 Å². The molecule has 65 heavy (non-hydrogen) atoms. The Kier molecular flexibility index (Phi) is 8.58. The molecule has 11 aromatic rings. The van der Waals surface area contributed by atoms with Gasteiger partial charge in [-0.3, -0.25) is 0 Å². The highest BCUT2D eigenvalue weighted by atomic mass is 32.1. The van der Waals surface area contributed by atoms with Gasteiger partial charge >= 0.3 is 0 Å². The molecular formula is C61H53N3S. The Morgan fingerprint density at radius 2 is 1.03 bits per heavy atom. The summed E-state index contributed by atoms with van der Waals surface area (Å²) in [6.07, 6.45) is 0. The number of hydrogen-bond donors (Lipinski definition) is 0. The number of thiophene rings is 1. The SMILES string of the molecule is CC(C)(C)c1ccc(N(c2ccccc2)c2ccc3cc4c(cc3c2)sc2c4c3ccc(N(c4ccccc4)c4ccc(C(C)(C)C)cc4)c4c5c(n2c43)C(C)(C)c2ccccc2-5)cc1. The van der Waals surface area contributed by atoms with Crippen LogP contribution in [0.4, 0.5) is 34.1 Å². The molecule has 0 amide bonds. The van der Waals surface area contributed by atoms with Gasteiger partial charge in [0.1, 0.15) is 4.83 Å². The van der Waals surface area contributed by atoms with Crippen molar-refractivity contribution in [2.24, 2.45) is 0 Å². The van der Waals surface area contributed by atoms with Crippen molar-refractivity contribution < 1.29 is 0 Å². The van der Waals surface area contributed by atoms with Crippen molar-refractivity contribution >= 4 is 92.8 Å². The zero-order valence-corrected chi connectivity index (χ0v) is 39.3. The van der Waals surface area contributed by atoms with E-state index in [9.17, 15) is 0 Å². The van der Waals surface area contributed by atoms with Gasteiger partial charge in [0, 0.05) is 71.4 Å².